The van der Waals surface area contributed by atoms with Gasteiger partial charge in [-0.15, -0.1) is 0 Å². The van der Waals surface area contributed by atoms with E-state index in [9.17, 15) is 8.42 Å². The molecule has 0 fully saturated rings. The van der Waals surface area contributed by atoms with Crippen molar-refractivity contribution in [3.63, 3.8) is 0 Å². The molecule has 7 heteroatoms. The number of hydrogen-bond acceptors (Lipinski definition) is 5. The molecule has 6 nitrogen and oxygen atoms in total. The van der Waals surface area contributed by atoms with Crippen LogP contribution in [-0.2, 0) is 10.0 Å². The summed E-state index contributed by atoms with van der Waals surface area (Å²) in [6, 6.07) is 2.02. The Morgan fingerprint density at radius 1 is 1.32 bits per heavy atom. The van der Waals surface area contributed by atoms with Crippen molar-refractivity contribution in [2.45, 2.75) is 19.4 Å². The Hall–Kier alpha value is -1.05. The standard InChI is InChI=1S/C12H22N4O2S/c1-11(12-6-7-13-10-14-12)16(4)8-5-9-19(17,18)15(2)3/h6-7,10-11H,5,8-9H2,1-4H3/t11-/m0/s1. The van der Waals surface area contributed by atoms with Gasteiger partial charge in [0.15, 0.2) is 0 Å². The van der Waals surface area contributed by atoms with Crippen LogP contribution in [0.5, 0.6) is 0 Å². The van der Waals surface area contributed by atoms with Crippen molar-refractivity contribution in [1.82, 2.24) is 19.2 Å². The molecule has 1 atom stereocenters. The van der Waals surface area contributed by atoms with Gasteiger partial charge in [0, 0.05) is 26.3 Å². The predicted octanol–water partition coefficient (Wildman–Crippen LogP) is 0.751. The maximum absolute atomic E-state index is 11.6. The molecule has 0 amide bonds. The van der Waals surface area contributed by atoms with E-state index in [1.165, 1.54) is 10.6 Å². The Balaban J connectivity index is 2.46. The minimum absolute atomic E-state index is 0.144. The van der Waals surface area contributed by atoms with Crippen molar-refractivity contribution >= 4 is 10.0 Å². The Morgan fingerprint density at radius 2 is 2.00 bits per heavy atom. The third kappa shape index (κ3) is 4.85. The zero-order chi connectivity index (χ0) is 14.5. The SMILES string of the molecule is C[C@@H](c1ccncn1)N(C)CCCS(=O)(=O)N(C)C. The van der Waals surface area contributed by atoms with Crippen LogP contribution in [0.4, 0.5) is 0 Å². The van der Waals surface area contributed by atoms with Gasteiger partial charge in [0.2, 0.25) is 10.0 Å². The Bertz CT molecular complexity index is 476. The fraction of sp³-hybridized carbons (Fsp3) is 0.667. The van der Waals surface area contributed by atoms with Gasteiger partial charge in [-0.25, -0.2) is 22.7 Å². The summed E-state index contributed by atoms with van der Waals surface area (Å²) >= 11 is 0. The zero-order valence-corrected chi connectivity index (χ0v) is 12.8. The molecule has 1 aromatic heterocycles. The highest BCUT2D eigenvalue weighted by Crippen LogP contribution is 2.15. The minimum atomic E-state index is -3.10. The summed E-state index contributed by atoms with van der Waals surface area (Å²) in [5, 5.41) is 0. The van der Waals surface area contributed by atoms with Crippen molar-refractivity contribution in [3.8, 4) is 0 Å². The van der Waals surface area contributed by atoms with Crippen LogP contribution < -0.4 is 0 Å². The molecule has 1 heterocycles. The van der Waals surface area contributed by atoms with Gasteiger partial charge in [0.05, 0.1) is 11.4 Å². The Labute approximate surface area is 115 Å². The number of rotatable bonds is 7. The van der Waals surface area contributed by atoms with Crippen molar-refractivity contribution in [1.29, 1.82) is 0 Å². The molecule has 0 N–H and O–H groups in total. The topological polar surface area (TPSA) is 66.4 Å². The van der Waals surface area contributed by atoms with E-state index in [0.717, 1.165) is 5.69 Å². The smallest absolute Gasteiger partial charge is 0.213 e. The molecule has 19 heavy (non-hydrogen) atoms. The molecule has 108 valence electrons. The van der Waals surface area contributed by atoms with Gasteiger partial charge in [-0.3, -0.25) is 4.90 Å². The van der Waals surface area contributed by atoms with Crippen molar-refractivity contribution in [3.05, 3.63) is 24.3 Å². The lowest BCUT2D eigenvalue weighted by Gasteiger charge is -2.24. The fourth-order valence-corrected chi connectivity index (χ4v) is 2.51. The summed E-state index contributed by atoms with van der Waals surface area (Å²) in [7, 11) is 1.98. The fourth-order valence-electron chi connectivity index (χ4n) is 1.65. The lowest BCUT2D eigenvalue weighted by Crippen LogP contribution is -2.29. The van der Waals surface area contributed by atoms with E-state index in [-0.39, 0.29) is 11.8 Å². The van der Waals surface area contributed by atoms with Crippen LogP contribution in [0.25, 0.3) is 0 Å². The molecular weight excluding hydrogens is 264 g/mol. The van der Waals surface area contributed by atoms with E-state index in [1.807, 2.05) is 20.0 Å². The highest BCUT2D eigenvalue weighted by Gasteiger charge is 2.16. The van der Waals surface area contributed by atoms with Gasteiger partial charge in [-0.2, -0.15) is 0 Å². The summed E-state index contributed by atoms with van der Waals surface area (Å²) in [6.45, 7) is 2.75. The molecule has 1 rings (SSSR count). The summed E-state index contributed by atoms with van der Waals surface area (Å²) in [5.41, 5.74) is 0.938. The zero-order valence-electron chi connectivity index (χ0n) is 11.9. The number of sulfonamides is 1. The summed E-state index contributed by atoms with van der Waals surface area (Å²) in [5.74, 6) is 0.167. The molecule has 0 saturated heterocycles. The van der Waals surface area contributed by atoms with E-state index in [2.05, 4.69) is 14.9 Å². The van der Waals surface area contributed by atoms with Gasteiger partial charge < -0.3 is 0 Å². The van der Waals surface area contributed by atoms with Gasteiger partial charge in [0.25, 0.3) is 0 Å². The van der Waals surface area contributed by atoms with Gasteiger partial charge in [-0.05, 0) is 33.0 Å². The van der Waals surface area contributed by atoms with Crippen molar-refractivity contribution in [2.75, 3.05) is 33.4 Å². The first-order chi connectivity index (χ1) is 8.84. The highest BCUT2D eigenvalue weighted by molar-refractivity contribution is 7.89. The largest absolute Gasteiger partial charge is 0.298 e. The summed E-state index contributed by atoms with van der Waals surface area (Å²) < 4.78 is 24.5. The van der Waals surface area contributed by atoms with Crippen LogP contribution in [0.3, 0.4) is 0 Å². The third-order valence-corrected chi connectivity index (χ3v) is 5.08. The minimum Gasteiger partial charge on any atom is -0.298 e. The third-order valence-electron chi connectivity index (χ3n) is 3.16. The quantitative estimate of drug-likeness (QED) is 0.740. The van der Waals surface area contributed by atoms with Crippen LogP contribution in [0, 0.1) is 0 Å². The van der Waals surface area contributed by atoms with Crippen LogP contribution in [0.2, 0.25) is 0 Å². The molecule has 0 spiro atoms. The van der Waals surface area contributed by atoms with E-state index in [4.69, 9.17) is 0 Å². The normalized spacial score (nSPS) is 14.0. The Morgan fingerprint density at radius 3 is 2.53 bits per heavy atom. The number of aromatic nitrogens is 2. The van der Waals surface area contributed by atoms with Crippen LogP contribution in [0.1, 0.15) is 25.1 Å². The maximum Gasteiger partial charge on any atom is 0.213 e. The molecule has 0 unspecified atom stereocenters. The lowest BCUT2D eigenvalue weighted by atomic mass is 10.2. The molecule has 0 radical (unpaired) electrons. The first-order valence-corrected chi connectivity index (χ1v) is 7.82. The first kappa shape index (κ1) is 16.0. The van der Waals surface area contributed by atoms with Crippen LogP contribution in [-0.4, -0.2) is 61.0 Å². The second-order valence-electron chi connectivity index (χ2n) is 4.74. The van der Waals surface area contributed by atoms with Gasteiger partial charge in [-0.1, -0.05) is 0 Å². The maximum atomic E-state index is 11.6. The highest BCUT2D eigenvalue weighted by atomic mass is 32.2. The van der Waals surface area contributed by atoms with Crippen molar-refractivity contribution in [2.24, 2.45) is 0 Å². The molecule has 0 saturated carbocycles. The molecule has 1 aromatic rings. The van der Waals surface area contributed by atoms with Gasteiger partial charge in [0.1, 0.15) is 6.33 Å². The van der Waals surface area contributed by atoms with Gasteiger partial charge >= 0.3 is 0 Å². The molecule has 0 bridgehead atoms. The molecule has 0 aliphatic carbocycles. The average Bonchev–Trinajstić information content (AvgIpc) is 2.38. The summed E-state index contributed by atoms with van der Waals surface area (Å²) in [6.07, 6.45) is 3.84. The van der Waals surface area contributed by atoms with Crippen LogP contribution >= 0.6 is 0 Å². The molecular formula is C12H22N4O2S. The first-order valence-electron chi connectivity index (χ1n) is 6.21. The monoisotopic (exact) mass is 286 g/mol. The number of nitrogens with zero attached hydrogens (tertiary/aromatic N) is 4. The second kappa shape index (κ2) is 6.93. The molecule has 0 aromatic carbocycles. The molecule has 0 aliphatic heterocycles. The second-order valence-corrected chi connectivity index (χ2v) is 7.05. The predicted molar refractivity (Wildman–Crippen MR) is 75.2 cm³/mol. The van der Waals surface area contributed by atoms with E-state index >= 15 is 0 Å². The summed E-state index contributed by atoms with van der Waals surface area (Å²) in [4.78, 5) is 10.2. The molecule has 0 aliphatic rings. The average molecular weight is 286 g/mol. The van der Waals surface area contributed by atoms with E-state index < -0.39 is 10.0 Å². The van der Waals surface area contributed by atoms with E-state index in [0.29, 0.717) is 13.0 Å². The van der Waals surface area contributed by atoms with Crippen LogP contribution in [0.15, 0.2) is 18.6 Å². The number of hydrogen-bond donors (Lipinski definition) is 0. The Kier molecular flexibility index (Phi) is 5.84. The van der Waals surface area contributed by atoms with Crippen molar-refractivity contribution < 1.29 is 8.42 Å². The lowest BCUT2D eigenvalue weighted by molar-refractivity contribution is 0.257. The van der Waals surface area contributed by atoms with E-state index in [1.54, 1.807) is 20.3 Å².